The Morgan fingerprint density at radius 2 is 1.71 bits per heavy atom. The average Bonchev–Trinajstić information content (AvgIpc) is 2.56. The van der Waals surface area contributed by atoms with Crippen molar-refractivity contribution in [3.63, 3.8) is 0 Å². The molecule has 2 aromatic carbocycles. The predicted octanol–water partition coefficient (Wildman–Crippen LogP) is 3.43. The van der Waals surface area contributed by atoms with Gasteiger partial charge in [-0.1, -0.05) is 11.6 Å². The van der Waals surface area contributed by atoms with Crippen LogP contribution in [-0.4, -0.2) is 22.9 Å². The molecule has 0 fully saturated rings. The summed E-state index contributed by atoms with van der Waals surface area (Å²) in [5, 5.41) is 13.7. The number of nitrogens with one attached hydrogen (secondary N) is 1. The average molecular weight is 349 g/mol. The van der Waals surface area contributed by atoms with Crippen molar-refractivity contribution in [3.05, 3.63) is 69.2 Å². The van der Waals surface area contributed by atoms with Crippen LogP contribution in [0.5, 0.6) is 0 Å². The highest BCUT2D eigenvalue weighted by Crippen LogP contribution is 2.15. The van der Waals surface area contributed by atoms with Crippen LogP contribution in [0, 0.1) is 10.1 Å². The molecule has 1 amide bonds. The Labute approximate surface area is 142 Å². The molecule has 0 heterocycles. The summed E-state index contributed by atoms with van der Waals surface area (Å²) >= 11 is 5.75. The number of nitrogens with zero attached hydrogens (tertiary/aromatic N) is 1. The summed E-state index contributed by atoms with van der Waals surface area (Å²) in [5.74, 6) is -1.25. The van der Waals surface area contributed by atoms with E-state index in [0.717, 1.165) is 0 Å². The van der Waals surface area contributed by atoms with E-state index < -0.39 is 22.9 Å². The Morgan fingerprint density at radius 1 is 1.12 bits per heavy atom. The Hall–Kier alpha value is -2.93. The molecule has 0 aliphatic heterocycles. The van der Waals surface area contributed by atoms with Gasteiger partial charge in [-0.3, -0.25) is 14.9 Å². The van der Waals surface area contributed by atoms with E-state index in [-0.39, 0.29) is 11.3 Å². The first-order valence-electron chi connectivity index (χ1n) is 6.88. The summed E-state index contributed by atoms with van der Waals surface area (Å²) < 4.78 is 5.05. The summed E-state index contributed by atoms with van der Waals surface area (Å²) in [4.78, 5) is 33.9. The first-order chi connectivity index (χ1) is 11.4. The highest BCUT2D eigenvalue weighted by molar-refractivity contribution is 6.30. The third-order valence-corrected chi connectivity index (χ3v) is 3.33. The molecule has 124 valence electrons. The minimum absolute atomic E-state index is 0.117. The van der Waals surface area contributed by atoms with Crippen LogP contribution in [0.25, 0.3) is 0 Å². The van der Waals surface area contributed by atoms with Crippen molar-refractivity contribution in [2.75, 3.05) is 5.32 Å². The zero-order valence-electron chi connectivity index (χ0n) is 12.6. The van der Waals surface area contributed by atoms with Crippen LogP contribution in [0.15, 0.2) is 48.5 Å². The molecular formula is C16H13ClN2O5. The third-order valence-electron chi connectivity index (χ3n) is 3.08. The number of esters is 1. The molecule has 0 bridgehead atoms. The molecule has 2 rings (SSSR count). The van der Waals surface area contributed by atoms with Crippen LogP contribution >= 0.6 is 11.6 Å². The van der Waals surface area contributed by atoms with Crippen LogP contribution in [0.1, 0.15) is 17.3 Å². The van der Waals surface area contributed by atoms with E-state index >= 15 is 0 Å². The number of hydrogen-bond donors (Lipinski definition) is 1. The molecule has 2 aromatic rings. The van der Waals surface area contributed by atoms with E-state index in [4.69, 9.17) is 16.3 Å². The number of non-ortho nitro benzene ring substituents is 1. The minimum Gasteiger partial charge on any atom is -0.449 e. The standard InChI is InChI=1S/C16H13ClN2O5/c1-10(15(20)18-13-6-4-12(17)5-7-13)24-16(21)11-2-8-14(9-3-11)19(22)23/h2-10H,1H3,(H,18,20)/t10-/m0/s1. The lowest BCUT2D eigenvalue weighted by Gasteiger charge is -2.13. The molecule has 8 heteroatoms. The van der Waals surface area contributed by atoms with Crippen LogP contribution in [-0.2, 0) is 9.53 Å². The number of benzene rings is 2. The van der Waals surface area contributed by atoms with Crippen molar-refractivity contribution in [3.8, 4) is 0 Å². The molecule has 0 spiro atoms. The van der Waals surface area contributed by atoms with Gasteiger partial charge in [0.25, 0.3) is 11.6 Å². The first kappa shape index (κ1) is 17.4. The number of hydrogen-bond acceptors (Lipinski definition) is 5. The van der Waals surface area contributed by atoms with Crippen molar-refractivity contribution < 1.29 is 19.2 Å². The highest BCUT2D eigenvalue weighted by atomic mass is 35.5. The van der Waals surface area contributed by atoms with Crippen molar-refractivity contribution in [2.24, 2.45) is 0 Å². The molecule has 0 aliphatic carbocycles. The number of carbonyl (C=O) groups excluding carboxylic acids is 2. The fourth-order valence-electron chi connectivity index (χ4n) is 1.78. The predicted molar refractivity (Wildman–Crippen MR) is 88.1 cm³/mol. The Morgan fingerprint density at radius 3 is 2.25 bits per heavy atom. The van der Waals surface area contributed by atoms with Gasteiger partial charge < -0.3 is 10.1 Å². The maximum atomic E-state index is 12.0. The van der Waals surface area contributed by atoms with Crippen molar-refractivity contribution in [1.82, 2.24) is 0 Å². The van der Waals surface area contributed by atoms with Crippen molar-refractivity contribution in [1.29, 1.82) is 0 Å². The van der Waals surface area contributed by atoms with Gasteiger partial charge in [0.05, 0.1) is 10.5 Å². The molecule has 7 nitrogen and oxygen atoms in total. The quantitative estimate of drug-likeness (QED) is 0.507. The number of ether oxygens (including phenoxy) is 1. The molecule has 0 radical (unpaired) electrons. The van der Waals surface area contributed by atoms with Gasteiger partial charge in [0.1, 0.15) is 0 Å². The number of nitro groups is 1. The second kappa shape index (κ2) is 7.56. The summed E-state index contributed by atoms with van der Waals surface area (Å²) in [5.41, 5.74) is 0.495. The lowest BCUT2D eigenvalue weighted by molar-refractivity contribution is -0.384. The SMILES string of the molecule is C[C@H](OC(=O)c1ccc([N+](=O)[O-])cc1)C(=O)Nc1ccc(Cl)cc1. The zero-order valence-corrected chi connectivity index (χ0v) is 13.3. The molecule has 1 N–H and O–H groups in total. The van der Waals surface area contributed by atoms with Gasteiger partial charge in [0, 0.05) is 22.8 Å². The number of halogens is 1. The number of anilines is 1. The first-order valence-corrected chi connectivity index (χ1v) is 7.26. The maximum Gasteiger partial charge on any atom is 0.338 e. The number of amides is 1. The lowest BCUT2D eigenvalue weighted by atomic mass is 10.2. The second-order valence-electron chi connectivity index (χ2n) is 4.85. The summed E-state index contributed by atoms with van der Waals surface area (Å²) in [6.45, 7) is 1.43. The van der Waals surface area contributed by atoms with Crippen LogP contribution in [0.2, 0.25) is 5.02 Å². The monoisotopic (exact) mass is 348 g/mol. The minimum atomic E-state index is -1.04. The van der Waals surface area contributed by atoms with Crippen LogP contribution in [0.3, 0.4) is 0 Å². The van der Waals surface area contributed by atoms with E-state index in [0.29, 0.717) is 10.7 Å². The Balaban J connectivity index is 1.96. The van der Waals surface area contributed by atoms with Crippen molar-refractivity contribution >= 4 is 34.9 Å². The smallest absolute Gasteiger partial charge is 0.338 e. The van der Waals surface area contributed by atoms with Gasteiger partial charge in [-0.15, -0.1) is 0 Å². The number of nitro benzene ring substituents is 1. The summed E-state index contributed by atoms with van der Waals surface area (Å²) in [6.07, 6.45) is -1.04. The largest absolute Gasteiger partial charge is 0.449 e. The molecule has 0 aromatic heterocycles. The van der Waals surface area contributed by atoms with Crippen molar-refractivity contribution in [2.45, 2.75) is 13.0 Å². The Bertz CT molecular complexity index is 759. The van der Waals surface area contributed by atoms with Gasteiger partial charge in [0.15, 0.2) is 6.10 Å². The molecule has 0 unspecified atom stereocenters. The zero-order chi connectivity index (χ0) is 17.7. The Kier molecular flexibility index (Phi) is 5.49. The fourth-order valence-corrected chi connectivity index (χ4v) is 1.90. The normalized spacial score (nSPS) is 11.4. The fraction of sp³-hybridized carbons (Fsp3) is 0.125. The van der Waals surface area contributed by atoms with Gasteiger partial charge in [-0.25, -0.2) is 4.79 Å². The molecule has 0 aliphatic rings. The van der Waals surface area contributed by atoms with Gasteiger partial charge >= 0.3 is 5.97 Å². The lowest BCUT2D eigenvalue weighted by Crippen LogP contribution is -2.29. The van der Waals surface area contributed by atoms with E-state index in [1.807, 2.05) is 0 Å². The number of rotatable bonds is 5. The topological polar surface area (TPSA) is 98.5 Å². The number of carbonyl (C=O) groups is 2. The van der Waals surface area contributed by atoms with E-state index in [1.165, 1.54) is 31.2 Å². The van der Waals surface area contributed by atoms with E-state index in [1.54, 1.807) is 24.3 Å². The summed E-state index contributed by atoms with van der Waals surface area (Å²) in [6, 6.07) is 11.4. The van der Waals surface area contributed by atoms with Gasteiger partial charge in [-0.05, 0) is 43.3 Å². The van der Waals surface area contributed by atoms with Crippen LogP contribution in [0.4, 0.5) is 11.4 Å². The molecule has 0 saturated carbocycles. The van der Waals surface area contributed by atoms with Gasteiger partial charge in [-0.2, -0.15) is 0 Å². The maximum absolute atomic E-state index is 12.0. The molecule has 1 atom stereocenters. The summed E-state index contributed by atoms with van der Waals surface area (Å²) in [7, 11) is 0. The van der Waals surface area contributed by atoms with E-state index in [2.05, 4.69) is 5.32 Å². The molecular weight excluding hydrogens is 336 g/mol. The van der Waals surface area contributed by atoms with E-state index in [9.17, 15) is 19.7 Å². The molecule has 0 saturated heterocycles. The highest BCUT2D eigenvalue weighted by Gasteiger charge is 2.19. The molecule has 24 heavy (non-hydrogen) atoms. The third kappa shape index (κ3) is 4.53. The van der Waals surface area contributed by atoms with Gasteiger partial charge in [0.2, 0.25) is 0 Å². The van der Waals surface area contributed by atoms with Crippen LogP contribution < -0.4 is 5.32 Å². The second-order valence-corrected chi connectivity index (χ2v) is 5.28.